The van der Waals surface area contributed by atoms with Crippen LogP contribution in [0, 0.1) is 5.82 Å². The molecule has 1 aliphatic heterocycles. The van der Waals surface area contributed by atoms with Gasteiger partial charge in [0.25, 0.3) is 0 Å². The van der Waals surface area contributed by atoms with Gasteiger partial charge in [0, 0.05) is 44.1 Å². The van der Waals surface area contributed by atoms with Crippen LogP contribution < -0.4 is 4.90 Å². The van der Waals surface area contributed by atoms with Crippen LogP contribution in [0.25, 0.3) is 0 Å². The summed E-state index contributed by atoms with van der Waals surface area (Å²) in [4.78, 5) is 20.8. The lowest BCUT2D eigenvalue weighted by molar-refractivity contribution is -0.130. The van der Waals surface area contributed by atoms with Crippen LogP contribution in [0.5, 0.6) is 0 Å². The molecule has 1 aromatic heterocycles. The zero-order chi connectivity index (χ0) is 16.2. The molecule has 0 unspecified atom stereocenters. The molecule has 1 amide bonds. The van der Waals surface area contributed by atoms with Gasteiger partial charge >= 0.3 is 0 Å². The van der Waals surface area contributed by atoms with Crippen LogP contribution in [-0.4, -0.2) is 46.3 Å². The third kappa shape index (κ3) is 3.67. The van der Waals surface area contributed by atoms with Crippen molar-refractivity contribution < 1.29 is 9.18 Å². The van der Waals surface area contributed by atoms with Gasteiger partial charge in [-0.2, -0.15) is 4.37 Å². The predicted octanol–water partition coefficient (Wildman–Crippen LogP) is 2.13. The number of amides is 1. The average molecular weight is 334 g/mol. The molecule has 0 atom stereocenters. The fourth-order valence-corrected chi connectivity index (χ4v) is 3.38. The molecule has 0 spiro atoms. The molecule has 1 fully saturated rings. The van der Waals surface area contributed by atoms with Crippen molar-refractivity contribution in [3.63, 3.8) is 0 Å². The number of hydrogen-bond acceptors (Lipinski definition) is 5. The van der Waals surface area contributed by atoms with E-state index >= 15 is 0 Å². The molecule has 0 aliphatic carbocycles. The summed E-state index contributed by atoms with van der Waals surface area (Å²) in [5.41, 5.74) is 0.455. The van der Waals surface area contributed by atoms with Crippen molar-refractivity contribution in [1.82, 2.24) is 14.3 Å². The molecule has 0 N–H and O–H groups in total. The van der Waals surface area contributed by atoms with E-state index in [0.29, 0.717) is 18.7 Å². The third-order valence-corrected chi connectivity index (χ3v) is 4.79. The van der Waals surface area contributed by atoms with Gasteiger partial charge in [-0.3, -0.25) is 4.79 Å². The van der Waals surface area contributed by atoms with Crippen LogP contribution in [0.4, 0.5) is 9.52 Å². The number of carbonyl (C=O) groups excluding carboxylic acids is 1. The highest BCUT2D eigenvalue weighted by atomic mass is 32.1. The smallest absolute Gasteiger partial charge is 0.227 e. The highest BCUT2D eigenvalue weighted by molar-refractivity contribution is 7.09. The standard InChI is InChI=1S/C16H19FN4OS/c1-2-14-18-16(23-19-14)21-9-7-20(8-10-21)15(22)11-12-5-3-4-6-13(12)17/h3-6H,2,7-11H2,1H3. The van der Waals surface area contributed by atoms with Gasteiger partial charge in [-0.25, -0.2) is 9.37 Å². The molecule has 2 heterocycles. The highest BCUT2D eigenvalue weighted by Crippen LogP contribution is 2.19. The lowest BCUT2D eigenvalue weighted by atomic mass is 10.1. The Labute approximate surface area is 138 Å². The summed E-state index contributed by atoms with van der Waals surface area (Å²) in [6, 6.07) is 6.44. The molecule has 2 aromatic rings. The number of carbonyl (C=O) groups is 1. The fraction of sp³-hybridized carbons (Fsp3) is 0.438. The van der Waals surface area contributed by atoms with Crippen LogP contribution in [0.3, 0.4) is 0 Å². The minimum atomic E-state index is -0.319. The van der Waals surface area contributed by atoms with Crippen molar-refractivity contribution in [2.24, 2.45) is 0 Å². The molecule has 5 nitrogen and oxygen atoms in total. The zero-order valence-corrected chi connectivity index (χ0v) is 13.9. The summed E-state index contributed by atoms with van der Waals surface area (Å²) in [6.07, 6.45) is 0.947. The normalized spacial score (nSPS) is 15.0. The molecule has 3 rings (SSSR count). The third-order valence-electron chi connectivity index (χ3n) is 3.98. The number of benzene rings is 1. The molecule has 122 valence electrons. The van der Waals surface area contributed by atoms with Gasteiger partial charge in [-0.15, -0.1) is 0 Å². The summed E-state index contributed by atoms with van der Waals surface area (Å²) in [5.74, 6) is 0.518. The second kappa shape index (κ2) is 7.04. The lowest BCUT2D eigenvalue weighted by Gasteiger charge is -2.34. The molecule has 23 heavy (non-hydrogen) atoms. The first-order valence-electron chi connectivity index (χ1n) is 7.76. The highest BCUT2D eigenvalue weighted by Gasteiger charge is 2.23. The van der Waals surface area contributed by atoms with Crippen molar-refractivity contribution in [1.29, 1.82) is 0 Å². The number of piperazine rings is 1. The van der Waals surface area contributed by atoms with Gasteiger partial charge < -0.3 is 9.80 Å². The predicted molar refractivity (Wildman–Crippen MR) is 88.2 cm³/mol. The molecule has 1 saturated heterocycles. The summed E-state index contributed by atoms with van der Waals surface area (Å²) in [6.45, 7) is 4.77. The number of hydrogen-bond donors (Lipinski definition) is 0. The van der Waals surface area contributed by atoms with Crippen molar-refractivity contribution >= 4 is 22.6 Å². The Morgan fingerprint density at radius 2 is 2.00 bits per heavy atom. The van der Waals surface area contributed by atoms with Crippen molar-refractivity contribution in [3.8, 4) is 0 Å². The van der Waals surface area contributed by atoms with Gasteiger partial charge in [0.05, 0.1) is 6.42 Å². The number of halogens is 1. The molecule has 1 aromatic carbocycles. The Morgan fingerprint density at radius 3 is 2.65 bits per heavy atom. The summed E-state index contributed by atoms with van der Waals surface area (Å²) in [7, 11) is 0. The monoisotopic (exact) mass is 334 g/mol. The van der Waals surface area contributed by atoms with Crippen LogP contribution >= 0.6 is 11.5 Å². The summed E-state index contributed by atoms with van der Waals surface area (Å²) >= 11 is 1.41. The summed E-state index contributed by atoms with van der Waals surface area (Å²) < 4.78 is 17.9. The topological polar surface area (TPSA) is 49.3 Å². The molecule has 0 radical (unpaired) electrons. The van der Waals surface area contributed by atoms with E-state index in [4.69, 9.17) is 0 Å². The molecule has 1 aliphatic rings. The quantitative estimate of drug-likeness (QED) is 0.859. The van der Waals surface area contributed by atoms with Crippen LogP contribution in [0.1, 0.15) is 18.3 Å². The van der Waals surface area contributed by atoms with E-state index in [-0.39, 0.29) is 18.1 Å². The Hall–Kier alpha value is -2.02. The molecular formula is C16H19FN4OS. The van der Waals surface area contributed by atoms with Gasteiger partial charge in [0.15, 0.2) is 0 Å². The summed E-state index contributed by atoms with van der Waals surface area (Å²) in [5, 5.41) is 0.919. The van der Waals surface area contributed by atoms with Crippen LogP contribution in [-0.2, 0) is 17.6 Å². The van der Waals surface area contributed by atoms with E-state index in [2.05, 4.69) is 14.3 Å². The van der Waals surface area contributed by atoms with Crippen molar-refractivity contribution in [2.75, 3.05) is 31.1 Å². The van der Waals surface area contributed by atoms with E-state index in [1.54, 1.807) is 23.1 Å². The van der Waals surface area contributed by atoms with Gasteiger partial charge in [0.1, 0.15) is 11.6 Å². The molecule has 7 heteroatoms. The van der Waals surface area contributed by atoms with E-state index in [1.807, 2.05) is 6.92 Å². The second-order valence-corrected chi connectivity index (χ2v) is 6.21. The first-order chi connectivity index (χ1) is 11.2. The lowest BCUT2D eigenvalue weighted by Crippen LogP contribution is -2.49. The van der Waals surface area contributed by atoms with Gasteiger partial charge in [-0.05, 0) is 11.6 Å². The van der Waals surface area contributed by atoms with E-state index in [1.165, 1.54) is 17.6 Å². The Morgan fingerprint density at radius 1 is 1.26 bits per heavy atom. The Kier molecular flexibility index (Phi) is 4.85. The number of aryl methyl sites for hydroxylation is 1. The first-order valence-corrected chi connectivity index (χ1v) is 8.53. The largest absolute Gasteiger partial charge is 0.343 e. The Bertz CT molecular complexity index is 682. The maximum atomic E-state index is 13.6. The average Bonchev–Trinajstić information content (AvgIpc) is 3.06. The van der Waals surface area contributed by atoms with Crippen molar-refractivity contribution in [2.45, 2.75) is 19.8 Å². The fourth-order valence-electron chi connectivity index (χ4n) is 2.58. The SMILES string of the molecule is CCc1nsc(N2CCN(C(=O)Cc3ccccc3F)CC2)n1. The minimum absolute atomic E-state index is 0.0266. The van der Waals surface area contributed by atoms with E-state index in [9.17, 15) is 9.18 Å². The molecular weight excluding hydrogens is 315 g/mol. The maximum absolute atomic E-state index is 13.6. The molecule has 0 saturated carbocycles. The zero-order valence-electron chi connectivity index (χ0n) is 13.0. The maximum Gasteiger partial charge on any atom is 0.227 e. The molecule has 0 bridgehead atoms. The second-order valence-electron chi connectivity index (χ2n) is 5.48. The Balaban J connectivity index is 1.56. The van der Waals surface area contributed by atoms with Gasteiger partial charge in [0.2, 0.25) is 11.0 Å². The number of anilines is 1. The first kappa shape index (κ1) is 15.9. The number of aromatic nitrogens is 2. The van der Waals surface area contributed by atoms with Gasteiger partial charge in [-0.1, -0.05) is 25.1 Å². The van der Waals surface area contributed by atoms with Crippen molar-refractivity contribution in [3.05, 3.63) is 41.5 Å². The van der Waals surface area contributed by atoms with E-state index in [0.717, 1.165) is 30.5 Å². The minimum Gasteiger partial charge on any atom is -0.343 e. The number of nitrogens with zero attached hydrogens (tertiary/aromatic N) is 4. The van der Waals surface area contributed by atoms with Crippen LogP contribution in [0.2, 0.25) is 0 Å². The van der Waals surface area contributed by atoms with Crippen LogP contribution in [0.15, 0.2) is 24.3 Å². The van der Waals surface area contributed by atoms with E-state index < -0.39 is 0 Å². The number of rotatable bonds is 4.